The molecule has 2 saturated heterocycles. The second-order valence-electron chi connectivity index (χ2n) is 12.8. The molecule has 30 heavy (non-hydrogen) atoms. The van der Waals surface area contributed by atoms with Gasteiger partial charge in [-0.3, -0.25) is 5.32 Å². The molecule has 11 atom stereocenters. The van der Waals surface area contributed by atoms with E-state index in [0.29, 0.717) is 22.9 Å². The van der Waals surface area contributed by atoms with Crippen LogP contribution in [0.4, 0.5) is 0 Å². The van der Waals surface area contributed by atoms with E-state index in [1.807, 2.05) is 0 Å². The summed E-state index contributed by atoms with van der Waals surface area (Å²) in [5, 5.41) is 14.1. The number of aliphatic hydroxyl groups is 1. The molecule has 2 heterocycles. The number of hydrogen-bond acceptors (Lipinski definition) is 3. The molecule has 4 aliphatic carbocycles. The molecular weight excluding hydrogens is 370 g/mol. The van der Waals surface area contributed by atoms with Gasteiger partial charge in [0.1, 0.15) is 5.72 Å². The van der Waals surface area contributed by atoms with Crippen LogP contribution in [0.25, 0.3) is 0 Å². The van der Waals surface area contributed by atoms with Crippen molar-refractivity contribution in [1.82, 2.24) is 5.32 Å². The van der Waals surface area contributed by atoms with Crippen molar-refractivity contribution in [3.05, 3.63) is 11.6 Å². The summed E-state index contributed by atoms with van der Waals surface area (Å²) in [4.78, 5) is 0. The van der Waals surface area contributed by atoms with E-state index in [0.717, 1.165) is 49.0 Å². The van der Waals surface area contributed by atoms with Gasteiger partial charge >= 0.3 is 0 Å². The average molecular weight is 414 g/mol. The van der Waals surface area contributed by atoms with Gasteiger partial charge in [0.2, 0.25) is 0 Å². The predicted octanol–water partition coefficient (Wildman–Crippen LogP) is 5.29. The van der Waals surface area contributed by atoms with Crippen LogP contribution < -0.4 is 5.32 Å². The monoisotopic (exact) mass is 413 g/mol. The van der Waals surface area contributed by atoms with Crippen molar-refractivity contribution >= 4 is 0 Å². The largest absolute Gasteiger partial charge is 0.393 e. The van der Waals surface area contributed by atoms with E-state index in [1.165, 1.54) is 44.9 Å². The van der Waals surface area contributed by atoms with Crippen LogP contribution >= 0.6 is 0 Å². The minimum atomic E-state index is -0.100. The number of hydrogen-bond donors (Lipinski definition) is 2. The summed E-state index contributed by atoms with van der Waals surface area (Å²) in [6.07, 6.45) is 13.8. The van der Waals surface area contributed by atoms with Crippen LogP contribution in [-0.4, -0.2) is 29.6 Å². The molecule has 168 valence electrons. The summed E-state index contributed by atoms with van der Waals surface area (Å²) in [6, 6.07) is 0. The summed E-state index contributed by atoms with van der Waals surface area (Å²) in [5.41, 5.74) is 2.33. The Morgan fingerprint density at radius 3 is 2.67 bits per heavy atom. The third-order valence-electron chi connectivity index (χ3n) is 11.6. The van der Waals surface area contributed by atoms with Crippen LogP contribution in [0.15, 0.2) is 11.6 Å². The number of nitrogens with one attached hydrogen (secondary N) is 1. The Morgan fingerprint density at radius 1 is 1.07 bits per heavy atom. The smallest absolute Gasteiger partial charge is 0.122 e. The first-order valence-electron chi connectivity index (χ1n) is 13.1. The van der Waals surface area contributed by atoms with Gasteiger partial charge in [-0.25, -0.2) is 0 Å². The Kier molecular flexibility index (Phi) is 4.44. The van der Waals surface area contributed by atoms with Crippen molar-refractivity contribution in [1.29, 1.82) is 0 Å². The van der Waals surface area contributed by atoms with E-state index in [4.69, 9.17) is 4.74 Å². The second kappa shape index (κ2) is 6.58. The first-order valence-corrected chi connectivity index (χ1v) is 13.1. The molecule has 1 unspecified atom stereocenters. The number of ether oxygens (including phenoxy) is 1. The molecule has 3 saturated carbocycles. The zero-order valence-electron chi connectivity index (χ0n) is 19.6. The topological polar surface area (TPSA) is 41.5 Å². The van der Waals surface area contributed by atoms with E-state index in [9.17, 15) is 5.11 Å². The number of fused-ring (bicyclic) bond motifs is 7. The van der Waals surface area contributed by atoms with E-state index in [2.05, 4.69) is 39.1 Å². The van der Waals surface area contributed by atoms with Gasteiger partial charge in [-0.2, -0.15) is 0 Å². The summed E-state index contributed by atoms with van der Waals surface area (Å²) in [5.74, 6) is 4.58. The first kappa shape index (κ1) is 20.2. The molecule has 2 aliphatic heterocycles. The van der Waals surface area contributed by atoms with Crippen molar-refractivity contribution in [2.75, 3.05) is 6.54 Å². The van der Waals surface area contributed by atoms with Crippen molar-refractivity contribution in [2.24, 2.45) is 46.3 Å². The lowest BCUT2D eigenvalue weighted by atomic mass is 9.47. The van der Waals surface area contributed by atoms with E-state index in [1.54, 1.807) is 5.57 Å². The number of rotatable bonds is 0. The molecule has 3 nitrogen and oxygen atoms in total. The molecule has 5 fully saturated rings. The quantitative estimate of drug-likeness (QED) is 0.530. The zero-order valence-corrected chi connectivity index (χ0v) is 19.6. The minimum absolute atomic E-state index is 0.0439. The maximum atomic E-state index is 10.3. The summed E-state index contributed by atoms with van der Waals surface area (Å²) in [7, 11) is 0. The molecule has 3 heteroatoms. The minimum Gasteiger partial charge on any atom is -0.393 e. The lowest BCUT2D eigenvalue weighted by Crippen LogP contribution is -2.57. The molecule has 0 aromatic rings. The van der Waals surface area contributed by atoms with E-state index in [-0.39, 0.29) is 11.8 Å². The molecule has 0 radical (unpaired) electrons. The van der Waals surface area contributed by atoms with E-state index >= 15 is 0 Å². The van der Waals surface area contributed by atoms with Crippen molar-refractivity contribution in [2.45, 2.75) is 103 Å². The Balaban J connectivity index is 1.28. The molecule has 6 rings (SSSR count). The third kappa shape index (κ3) is 2.55. The molecule has 0 bridgehead atoms. The third-order valence-corrected chi connectivity index (χ3v) is 11.6. The number of piperidine rings is 1. The van der Waals surface area contributed by atoms with Crippen molar-refractivity contribution in [3.8, 4) is 0 Å². The molecule has 6 aliphatic rings. The zero-order chi connectivity index (χ0) is 20.9. The van der Waals surface area contributed by atoms with Gasteiger partial charge in [0, 0.05) is 12.5 Å². The van der Waals surface area contributed by atoms with Crippen LogP contribution in [0.2, 0.25) is 0 Å². The van der Waals surface area contributed by atoms with Gasteiger partial charge in [-0.1, -0.05) is 39.3 Å². The van der Waals surface area contributed by atoms with Crippen LogP contribution in [0.1, 0.15) is 85.5 Å². The number of aliphatic hydroxyl groups excluding tert-OH is 1. The fourth-order valence-electron chi connectivity index (χ4n) is 9.84. The summed E-state index contributed by atoms with van der Waals surface area (Å²) in [6.45, 7) is 11.2. The maximum absolute atomic E-state index is 10.3. The SMILES string of the molecule is C[C@@H]1CCC2(NC1)O[C@H]1C[C@H]3[C@@H]4CC=C5C[C@@H](O)CC[C@]5(C)[C@H]4CC[C@]3(C)[C@H]1[C@H]2C. The van der Waals surface area contributed by atoms with Gasteiger partial charge < -0.3 is 9.84 Å². The molecule has 1 spiro atoms. The van der Waals surface area contributed by atoms with Gasteiger partial charge in [-0.15, -0.1) is 0 Å². The van der Waals surface area contributed by atoms with Crippen molar-refractivity contribution < 1.29 is 9.84 Å². The predicted molar refractivity (Wildman–Crippen MR) is 120 cm³/mol. The van der Waals surface area contributed by atoms with Crippen LogP contribution in [0.3, 0.4) is 0 Å². The normalized spacial score (nSPS) is 59.8. The van der Waals surface area contributed by atoms with Crippen molar-refractivity contribution in [3.63, 3.8) is 0 Å². The molecule has 2 N–H and O–H groups in total. The van der Waals surface area contributed by atoms with Gasteiger partial charge in [0.05, 0.1) is 12.2 Å². The highest BCUT2D eigenvalue weighted by atomic mass is 16.5. The highest BCUT2D eigenvalue weighted by Gasteiger charge is 2.68. The Hall–Kier alpha value is -0.380. The summed E-state index contributed by atoms with van der Waals surface area (Å²) >= 11 is 0. The standard InChI is InChI=1S/C27H43NO2/c1-16-7-12-27(28-15-16)17(2)24-23(30-27)14-22-20-6-5-18-13-19(29)8-10-25(18,3)21(20)9-11-26(22,24)4/h5,16-17,19-24,28-29H,6-15H2,1-4H3/t16-,17-,19+,20-,21+,22+,23+,24+,25+,26+,27?/m1/s1. The molecular formula is C27H43NO2. The van der Waals surface area contributed by atoms with Gasteiger partial charge in [-0.05, 0) is 98.2 Å². The summed E-state index contributed by atoms with van der Waals surface area (Å²) < 4.78 is 7.00. The maximum Gasteiger partial charge on any atom is 0.122 e. The average Bonchev–Trinajstić information content (AvgIpc) is 3.16. The molecule has 0 aromatic carbocycles. The highest BCUT2D eigenvalue weighted by molar-refractivity contribution is 5.26. The lowest BCUT2D eigenvalue weighted by Gasteiger charge is -2.58. The number of allylic oxidation sites excluding steroid dienone is 1. The lowest BCUT2D eigenvalue weighted by molar-refractivity contribution is -0.115. The Bertz CT molecular complexity index is 739. The fourth-order valence-corrected chi connectivity index (χ4v) is 9.84. The van der Waals surface area contributed by atoms with E-state index < -0.39 is 0 Å². The van der Waals surface area contributed by atoms with Crippen LogP contribution in [-0.2, 0) is 4.74 Å². The first-order chi connectivity index (χ1) is 14.3. The van der Waals surface area contributed by atoms with Gasteiger partial charge in [0.25, 0.3) is 0 Å². The fraction of sp³-hybridized carbons (Fsp3) is 0.926. The second-order valence-corrected chi connectivity index (χ2v) is 12.8. The van der Waals surface area contributed by atoms with Crippen LogP contribution in [0.5, 0.6) is 0 Å². The Morgan fingerprint density at radius 2 is 1.90 bits per heavy atom. The molecule has 0 aromatic heterocycles. The molecule has 0 amide bonds. The Labute approximate surface area is 183 Å². The van der Waals surface area contributed by atoms with Gasteiger partial charge in [0.15, 0.2) is 0 Å². The highest BCUT2D eigenvalue weighted by Crippen LogP contribution is 2.70. The van der Waals surface area contributed by atoms with Crippen LogP contribution in [0, 0.1) is 46.3 Å².